The monoisotopic (exact) mass is 224 g/mol. The molecule has 17 heavy (non-hydrogen) atoms. The van der Waals surface area contributed by atoms with Gasteiger partial charge in [-0.1, -0.05) is 35.9 Å². The molecule has 0 unspecified atom stereocenters. The first kappa shape index (κ1) is 10.1. The summed E-state index contributed by atoms with van der Waals surface area (Å²) in [5.41, 5.74) is 5.94. The Morgan fingerprint density at radius 3 is 2.76 bits per heavy atom. The Balaban J connectivity index is 2.30. The Morgan fingerprint density at radius 2 is 2.00 bits per heavy atom. The van der Waals surface area contributed by atoms with Crippen molar-refractivity contribution in [3.63, 3.8) is 0 Å². The second-order valence-electron chi connectivity index (χ2n) is 4.48. The molecule has 0 spiro atoms. The van der Waals surface area contributed by atoms with Crippen LogP contribution >= 0.6 is 0 Å². The van der Waals surface area contributed by atoms with E-state index in [0.29, 0.717) is 5.56 Å². The van der Waals surface area contributed by atoms with Crippen LogP contribution in [0, 0.1) is 6.92 Å². The molecular formula is C15H12O2. The van der Waals surface area contributed by atoms with Gasteiger partial charge >= 0.3 is 5.97 Å². The largest absolute Gasteiger partial charge is 0.478 e. The van der Waals surface area contributed by atoms with Crippen LogP contribution in [-0.2, 0) is 6.42 Å². The summed E-state index contributed by atoms with van der Waals surface area (Å²) in [6, 6.07) is 11.7. The van der Waals surface area contributed by atoms with Crippen molar-refractivity contribution >= 4 is 5.97 Å². The summed E-state index contributed by atoms with van der Waals surface area (Å²) in [7, 11) is 0. The number of aromatic carboxylic acids is 1. The van der Waals surface area contributed by atoms with E-state index in [1.54, 1.807) is 6.07 Å². The summed E-state index contributed by atoms with van der Waals surface area (Å²) in [4.78, 5) is 11.2. The van der Waals surface area contributed by atoms with Crippen LogP contribution in [0.3, 0.4) is 0 Å². The molecule has 0 radical (unpaired) electrons. The van der Waals surface area contributed by atoms with E-state index in [2.05, 4.69) is 13.0 Å². The number of hydrogen-bond donors (Lipinski definition) is 1. The van der Waals surface area contributed by atoms with Gasteiger partial charge in [-0.2, -0.15) is 0 Å². The van der Waals surface area contributed by atoms with E-state index in [0.717, 1.165) is 23.1 Å². The molecule has 3 rings (SSSR count). The number of carbonyl (C=O) groups is 1. The first-order chi connectivity index (χ1) is 8.16. The van der Waals surface area contributed by atoms with Crippen molar-refractivity contribution in [3.05, 3.63) is 58.7 Å². The van der Waals surface area contributed by atoms with E-state index < -0.39 is 5.97 Å². The first-order valence-corrected chi connectivity index (χ1v) is 5.62. The lowest BCUT2D eigenvalue weighted by atomic mass is 9.99. The molecule has 1 aliphatic carbocycles. The third kappa shape index (κ3) is 1.45. The fourth-order valence-corrected chi connectivity index (χ4v) is 2.56. The quantitative estimate of drug-likeness (QED) is 0.688. The van der Waals surface area contributed by atoms with Gasteiger partial charge in [-0.05, 0) is 41.7 Å². The highest BCUT2D eigenvalue weighted by atomic mass is 16.4. The van der Waals surface area contributed by atoms with Crippen LogP contribution in [-0.4, -0.2) is 11.1 Å². The van der Waals surface area contributed by atoms with Crippen molar-refractivity contribution in [1.29, 1.82) is 0 Å². The minimum Gasteiger partial charge on any atom is -0.478 e. The van der Waals surface area contributed by atoms with Gasteiger partial charge in [-0.3, -0.25) is 0 Å². The van der Waals surface area contributed by atoms with Gasteiger partial charge in [0.2, 0.25) is 0 Å². The zero-order valence-electron chi connectivity index (χ0n) is 9.53. The van der Waals surface area contributed by atoms with Crippen LogP contribution in [0.5, 0.6) is 0 Å². The maximum absolute atomic E-state index is 11.2. The van der Waals surface area contributed by atoms with Crippen LogP contribution < -0.4 is 0 Å². The van der Waals surface area contributed by atoms with Crippen molar-refractivity contribution in [1.82, 2.24) is 0 Å². The van der Waals surface area contributed by atoms with E-state index in [1.165, 1.54) is 11.1 Å². The van der Waals surface area contributed by atoms with Crippen molar-refractivity contribution in [2.24, 2.45) is 0 Å². The highest BCUT2D eigenvalue weighted by molar-refractivity contribution is 5.99. The first-order valence-electron chi connectivity index (χ1n) is 5.62. The fourth-order valence-electron chi connectivity index (χ4n) is 2.56. The van der Waals surface area contributed by atoms with Crippen LogP contribution in [0.1, 0.15) is 27.0 Å². The Kier molecular flexibility index (Phi) is 2.05. The second-order valence-corrected chi connectivity index (χ2v) is 4.48. The average molecular weight is 224 g/mol. The van der Waals surface area contributed by atoms with Gasteiger partial charge in [-0.15, -0.1) is 0 Å². The molecular weight excluding hydrogens is 212 g/mol. The van der Waals surface area contributed by atoms with Gasteiger partial charge in [0.1, 0.15) is 0 Å². The molecule has 2 aromatic rings. The smallest absolute Gasteiger partial charge is 0.336 e. The molecule has 2 aromatic carbocycles. The predicted octanol–water partition coefficient (Wildman–Crippen LogP) is 3.26. The molecule has 2 heteroatoms. The summed E-state index contributed by atoms with van der Waals surface area (Å²) < 4.78 is 0. The predicted molar refractivity (Wildman–Crippen MR) is 66.4 cm³/mol. The molecule has 0 atom stereocenters. The zero-order valence-corrected chi connectivity index (χ0v) is 9.53. The number of carboxylic acid groups (broad SMARTS) is 1. The molecule has 0 saturated carbocycles. The van der Waals surface area contributed by atoms with E-state index in [4.69, 9.17) is 0 Å². The maximum atomic E-state index is 11.2. The van der Waals surface area contributed by atoms with Crippen molar-refractivity contribution < 1.29 is 9.90 Å². The lowest BCUT2D eigenvalue weighted by molar-refractivity contribution is 0.0697. The summed E-state index contributed by atoms with van der Waals surface area (Å²) in [6.07, 6.45) is 0.841. The van der Waals surface area contributed by atoms with Crippen LogP contribution in [0.15, 0.2) is 36.4 Å². The molecule has 0 aliphatic heterocycles. The molecule has 1 aliphatic rings. The summed E-state index contributed by atoms with van der Waals surface area (Å²) in [5.74, 6) is -0.852. The number of hydrogen-bond acceptors (Lipinski definition) is 1. The van der Waals surface area contributed by atoms with Crippen LogP contribution in [0.25, 0.3) is 11.1 Å². The van der Waals surface area contributed by atoms with Gasteiger partial charge in [0.05, 0.1) is 5.56 Å². The van der Waals surface area contributed by atoms with E-state index in [-0.39, 0.29) is 0 Å². The lowest BCUT2D eigenvalue weighted by Gasteiger charge is -2.05. The molecule has 0 saturated heterocycles. The molecule has 0 fully saturated rings. The van der Waals surface area contributed by atoms with Crippen molar-refractivity contribution in [2.75, 3.05) is 0 Å². The number of benzene rings is 2. The van der Waals surface area contributed by atoms with E-state index in [1.807, 2.05) is 24.3 Å². The minimum absolute atomic E-state index is 0.408. The maximum Gasteiger partial charge on any atom is 0.336 e. The van der Waals surface area contributed by atoms with Gasteiger partial charge < -0.3 is 5.11 Å². The Hall–Kier alpha value is -2.09. The molecule has 84 valence electrons. The molecule has 0 aromatic heterocycles. The van der Waals surface area contributed by atoms with Crippen LogP contribution in [0.2, 0.25) is 0 Å². The highest BCUT2D eigenvalue weighted by Crippen LogP contribution is 2.39. The van der Waals surface area contributed by atoms with Crippen LogP contribution in [0.4, 0.5) is 0 Å². The van der Waals surface area contributed by atoms with Crippen molar-refractivity contribution in [2.45, 2.75) is 13.3 Å². The third-order valence-corrected chi connectivity index (χ3v) is 3.29. The number of carboxylic acids is 1. The number of rotatable bonds is 1. The molecule has 1 N–H and O–H groups in total. The fraction of sp³-hybridized carbons (Fsp3) is 0.133. The average Bonchev–Trinajstić information content (AvgIpc) is 2.65. The topological polar surface area (TPSA) is 37.3 Å². The Bertz CT molecular complexity index is 627. The SMILES string of the molecule is Cc1ccc2c(c1)Cc1cccc(C(=O)O)c1-2. The van der Waals surface area contributed by atoms with Crippen molar-refractivity contribution in [3.8, 4) is 11.1 Å². The van der Waals surface area contributed by atoms with E-state index in [9.17, 15) is 9.90 Å². The second kappa shape index (κ2) is 3.45. The third-order valence-electron chi connectivity index (χ3n) is 3.29. The summed E-state index contributed by atoms with van der Waals surface area (Å²) >= 11 is 0. The molecule has 2 nitrogen and oxygen atoms in total. The highest BCUT2D eigenvalue weighted by Gasteiger charge is 2.23. The van der Waals surface area contributed by atoms with Gasteiger partial charge in [-0.25, -0.2) is 4.79 Å². The standard InChI is InChI=1S/C15H12O2/c1-9-5-6-12-11(7-9)8-10-3-2-4-13(14(10)12)15(16)17/h2-7H,8H2,1H3,(H,16,17). The number of aryl methyl sites for hydroxylation is 1. The zero-order chi connectivity index (χ0) is 12.0. The Morgan fingerprint density at radius 1 is 1.18 bits per heavy atom. The van der Waals surface area contributed by atoms with Gasteiger partial charge in [0, 0.05) is 0 Å². The number of fused-ring (bicyclic) bond motifs is 3. The summed E-state index contributed by atoms with van der Waals surface area (Å²) in [6.45, 7) is 2.06. The molecule has 0 bridgehead atoms. The molecule has 0 amide bonds. The lowest BCUT2D eigenvalue weighted by Crippen LogP contribution is -1.99. The van der Waals surface area contributed by atoms with Gasteiger partial charge in [0.25, 0.3) is 0 Å². The molecule has 0 heterocycles. The Labute approximate surface area is 99.5 Å². The van der Waals surface area contributed by atoms with Gasteiger partial charge in [0.15, 0.2) is 0 Å². The van der Waals surface area contributed by atoms with E-state index >= 15 is 0 Å². The minimum atomic E-state index is -0.852. The summed E-state index contributed by atoms with van der Waals surface area (Å²) in [5, 5.41) is 9.23. The normalized spacial score (nSPS) is 12.1.